The highest BCUT2D eigenvalue weighted by atomic mass is 35.5. The minimum Gasteiger partial charge on any atom is -0.497 e. The van der Waals surface area contributed by atoms with Crippen LogP contribution in [-0.2, 0) is 24.2 Å². The van der Waals surface area contributed by atoms with Crippen molar-refractivity contribution in [1.29, 1.82) is 0 Å². The lowest BCUT2D eigenvalue weighted by Gasteiger charge is -2.14. The first-order valence-corrected chi connectivity index (χ1v) is 13.2. The lowest BCUT2D eigenvalue weighted by Crippen LogP contribution is -2.40. The Bertz CT molecular complexity index is 1630. The van der Waals surface area contributed by atoms with Crippen LogP contribution in [0.5, 0.6) is 11.5 Å². The van der Waals surface area contributed by atoms with Crippen LogP contribution in [0.4, 0.5) is 5.69 Å². The lowest BCUT2D eigenvalue weighted by atomic mass is 9.97. The molecular weight excluding hydrogens is 537 g/mol. The third-order valence-electron chi connectivity index (χ3n) is 6.34. The van der Waals surface area contributed by atoms with Gasteiger partial charge in [-0.05, 0) is 49.4 Å². The van der Waals surface area contributed by atoms with Gasteiger partial charge in [0.05, 0.1) is 35.3 Å². The zero-order chi connectivity index (χ0) is 26.3. The van der Waals surface area contributed by atoms with Gasteiger partial charge in [-0.15, -0.1) is 11.3 Å². The zero-order valence-corrected chi connectivity index (χ0v) is 22.4. The van der Waals surface area contributed by atoms with Crippen LogP contribution in [0.2, 0.25) is 10.0 Å². The number of thiophene rings is 1. The van der Waals surface area contributed by atoms with Crippen LogP contribution < -0.4 is 26.0 Å². The quantitative estimate of drug-likeness (QED) is 0.356. The van der Waals surface area contributed by atoms with Crippen LogP contribution in [0.15, 0.2) is 46.0 Å². The molecule has 37 heavy (non-hydrogen) atoms. The first-order valence-electron chi connectivity index (χ1n) is 11.6. The van der Waals surface area contributed by atoms with E-state index in [9.17, 15) is 14.4 Å². The molecule has 2 heterocycles. The number of anilines is 1. The Balaban J connectivity index is 1.64. The highest BCUT2D eigenvalue weighted by molar-refractivity contribution is 7.18. The molecule has 0 radical (unpaired) electrons. The maximum Gasteiger partial charge on any atom is 0.337 e. The molecule has 0 atom stereocenters. The van der Waals surface area contributed by atoms with E-state index < -0.39 is 17.2 Å². The van der Waals surface area contributed by atoms with Gasteiger partial charge in [0.1, 0.15) is 22.9 Å². The molecule has 11 heteroatoms. The number of hydrogen-bond donors (Lipinski definition) is 1. The van der Waals surface area contributed by atoms with Gasteiger partial charge in [-0.2, -0.15) is 0 Å². The summed E-state index contributed by atoms with van der Waals surface area (Å²) in [6.45, 7) is -0.296. The minimum absolute atomic E-state index is 0.217. The van der Waals surface area contributed by atoms with Crippen molar-refractivity contribution in [3.8, 4) is 17.2 Å². The molecule has 5 rings (SSSR count). The molecule has 1 aliphatic rings. The molecule has 0 aliphatic heterocycles. The molecule has 0 saturated carbocycles. The summed E-state index contributed by atoms with van der Waals surface area (Å²) >= 11 is 13.7. The van der Waals surface area contributed by atoms with Gasteiger partial charge in [-0.25, -0.2) is 9.36 Å². The number of aryl methyl sites for hydroxylation is 2. The van der Waals surface area contributed by atoms with Gasteiger partial charge >= 0.3 is 5.69 Å². The van der Waals surface area contributed by atoms with Crippen molar-refractivity contribution in [2.24, 2.45) is 0 Å². The minimum atomic E-state index is -0.632. The van der Waals surface area contributed by atoms with E-state index in [4.69, 9.17) is 32.7 Å². The van der Waals surface area contributed by atoms with Crippen molar-refractivity contribution >= 4 is 56.3 Å². The second-order valence-electron chi connectivity index (χ2n) is 8.65. The molecule has 1 aliphatic carbocycles. The zero-order valence-electron chi connectivity index (χ0n) is 20.1. The second-order valence-corrected chi connectivity index (χ2v) is 10.5. The van der Waals surface area contributed by atoms with E-state index in [1.807, 2.05) is 0 Å². The number of nitrogens with one attached hydrogen (secondary N) is 1. The number of methoxy groups -OCH3 is 2. The molecular formula is C26H23Cl2N3O5S. The van der Waals surface area contributed by atoms with E-state index in [-0.39, 0.29) is 17.3 Å². The fourth-order valence-corrected chi connectivity index (χ4v) is 6.25. The molecule has 1 amide bonds. The molecule has 8 nitrogen and oxygen atoms in total. The van der Waals surface area contributed by atoms with Crippen molar-refractivity contribution in [3.05, 3.63) is 77.7 Å². The van der Waals surface area contributed by atoms with E-state index in [0.717, 1.165) is 40.7 Å². The number of fused-ring (bicyclic) bond motifs is 3. The first-order chi connectivity index (χ1) is 17.8. The molecule has 0 spiro atoms. The van der Waals surface area contributed by atoms with Crippen LogP contribution in [0.25, 0.3) is 15.9 Å². The second kappa shape index (κ2) is 10.2. The number of rotatable bonds is 6. The van der Waals surface area contributed by atoms with Crippen molar-refractivity contribution < 1.29 is 14.3 Å². The van der Waals surface area contributed by atoms with Crippen LogP contribution in [0, 0.1) is 0 Å². The maximum absolute atomic E-state index is 13.7. The number of carbonyl (C=O) groups excluding carboxylic acids is 1. The number of ether oxygens (including phenoxy) is 2. The molecule has 0 unspecified atom stereocenters. The lowest BCUT2D eigenvalue weighted by molar-refractivity contribution is -0.116. The highest BCUT2D eigenvalue weighted by Gasteiger charge is 2.25. The van der Waals surface area contributed by atoms with Gasteiger partial charge in [-0.1, -0.05) is 23.2 Å². The summed E-state index contributed by atoms with van der Waals surface area (Å²) in [4.78, 5) is 42.2. The number of aromatic nitrogens is 2. The van der Waals surface area contributed by atoms with E-state index in [0.29, 0.717) is 32.4 Å². The van der Waals surface area contributed by atoms with Crippen molar-refractivity contribution in [2.45, 2.75) is 32.2 Å². The Morgan fingerprint density at radius 3 is 2.38 bits per heavy atom. The summed E-state index contributed by atoms with van der Waals surface area (Å²) in [5.74, 6) is 0.575. The number of nitrogens with zero attached hydrogens (tertiary/aromatic N) is 2. The van der Waals surface area contributed by atoms with Crippen molar-refractivity contribution in [3.63, 3.8) is 0 Å². The monoisotopic (exact) mass is 559 g/mol. The number of amides is 1. The Labute approximate surface area is 226 Å². The molecule has 0 bridgehead atoms. The normalized spacial score (nSPS) is 12.9. The summed E-state index contributed by atoms with van der Waals surface area (Å²) in [7, 11) is 3.03. The smallest absolute Gasteiger partial charge is 0.337 e. The van der Waals surface area contributed by atoms with E-state index in [1.54, 1.807) is 24.3 Å². The van der Waals surface area contributed by atoms with E-state index in [2.05, 4.69) is 5.32 Å². The molecule has 2 aromatic heterocycles. The molecule has 0 saturated heterocycles. The summed E-state index contributed by atoms with van der Waals surface area (Å²) in [5, 5.41) is 3.80. The molecule has 0 fully saturated rings. The van der Waals surface area contributed by atoms with Gasteiger partial charge in [-0.3, -0.25) is 14.2 Å². The van der Waals surface area contributed by atoms with Crippen LogP contribution >= 0.6 is 34.5 Å². The van der Waals surface area contributed by atoms with Gasteiger partial charge < -0.3 is 14.8 Å². The van der Waals surface area contributed by atoms with Gasteiger partial charge in [0, 0.05) is 28.8 Å². The molecule has 4 aromatic rings. The Morgan fingerprint density at radius 1 is 1.00 bits per heavy atom. The van der Waals surface area contributed by atoms with Crippen molar-refractivity contribution in [2.75, 3.05) is 19.5 Å². The van der Waals surface area contributed by atoms with Crippen LogP contribution in [0.3, 0.4) is 0 Å². The standard InChI is InChI=1S/C26H23Cl2N3O5S/c1-35-16-9-14(10-17(12-16)36-2)29-22(32)13-30-25-23(18-5-3-4-6-21(18)37-25)24(33)31(26(30)34)15-7-8-19(27)20(28)11-15/h7-12H,3-6,13H2,1-2H3,(H,29,32). The fraction of sp³-hybridized carbons (Fsp3) is 0.269. The van der Waals surface area contributed by atoms with Gasteiger partial charge in [0.15, 0.2) is 0 Å². The summed E-state index contributed by atoms with van der Waals surface area (Å²) in [6, 6.07) is 9.57. The molecule has 1 N–H and O–H groups in total. The molecule has 192 valence electrons. The maximum atomic E-state index is 13.7. The Hall–Kier alpha value is -3.27. The average Bonchev–Trinajstić information content (AvgIpc) is 3.28. The molecule has 2 aromatic carbocycles. The fourth-order valence-electron chi connectivity index (χ4n) is 4.58. The predicted octanol–water partition coefficient (Wildman–Crippen LogP) is 5.06. The van der Waals surface area contributed by atoms with Crippen molar-refractivity contribution in [1.82, 2.24) is 9.13 Å². The van der Waals surface area contributed by atoms with E-state index in [1.165, 1.54) is 42.3 Å². The predicted molar refractivity (Wildman–Crippen MR) is 147 cm³/mol. The van der Waals surface area contributed by atoms with Gasteiger partial charge in [0.25, 0.3) is 5.56 Å². The topological polar surface area (TPSA) is 91.6 Å². The van der Waals surface area contributed by atoms with Gasteiger partial charge in [0.2, 0.25) is 5.91 Å². The highest BCUT2D eigenvalue weighted by Crippen LogP contribution is 2.34. The Morgan fingerprint density at radius 2 is 1.70 bits per heavy atom. The average molecular weight is 560 g/mol. The van der Waals surface area contributed by atoms with Crippen LogP contribution in [0.1, 0.15) is 23.3 Å². The summed E-state index contributed by atoms with van der Waals surface area (Å²) in [6.07, 6.45) is 3.57. The summed E-state index contributed by atoms with van der Waals surface area (Å²) < 4.78 is 13.0. The number of carbonyl (C=O) groups is 1. The SMILES string of the molecule is COc1cc(NC(=O)Cn2c(=O)n(-c3ccc(Cl)c(Cl)c3)c(=O)c3c4c(sc32)CCCC4)cc(OC)c1. The number of halogens is 2. The van der Waals surface area contributed by atoms with Crippen LogP contribution in [-0.4, -0.2) is 29.3 Å². The first kappa shape index (κ1) is 25.4. The third kappa shape index (κ3) is 4.74. The third-order valence-corrected chi connectivity index (χ3v) is 8.39. The van der Waals surface area contributed by atoms with E-state index >= 15 is 0 Å². The summed E-state index contributed by atoms with van der Waals surface area (Å²) in [5.41, 5.74) is 0.638. The Kier molecular flexibility index (Phi) is 7.02. The largest absolute Gasteiger partial charge is 0.497 e. The number of benzene rings is 2. The number of hydrogen-bond acceptors (Lipinski definition) is 6.